The van der Waals surface area contributed by atoms with Crippen LogP contribution in [-0.4, -0.2) is 5.33 Å². The molecule has 1 saturated carbocycles. The van der Waals surface area contributed by atoms with Gasteiger partial charge in [-0.15, -0.1) is 0 Å². The van der Waals surface area contributed by atoms with Gasteiger partial charge >= 0.3 is 0 Å². The van der Waals surface area contributed by atoms with E-state index < -0.39 is 0 Å². The van der Waals surface area contributed by atoms with Crippen LogP contribution in [0.4, 0.5) is 4.39 Å². The third-order valence-electron chi connectivity index (χ3n) is 3.49. The summed E-state index contributed by atoms with van der Waals surface area (Å²) < 4.78 is 13.8. The maximum absolute atomic E-state index is 13.8. The van der Waals surface area contributed by atoms with Crippen molar-refractivity contribution in [3.63, 3.8) is 0 Å². The van der Waals surface area contributed by atoms with Gasteiger partial charge in [0.2, 0.25) is 0 Å². The van der Waals surface area contributed by atoms with Gasteiger partial charge in [-0.05, 0) is 42.2 Å². The first-order valence-electron chi connectivity index (χ1n) is 5.56. The number of alkyl halides is 1. The molecule has 0 heterocycles. The molecule has 1 unspecified atom stereocenters. The Bertz CT molecular complexity index is 390. The first-order valence-corrected chi connectivity index (χ1v) is 7.05. The average Bonchev–Trinajstić information content (AvgIpc) is 3.08. The van der Waals surface area contributed by atoms with E-state index in [0.29, 0.717) is 0 Å². The fourth-order valence-electron chi connectivity index (χ4n) is 2.20. The first kappa shape index (κ1) is 12.4. The van der Waals surface area contributed by atoms with Crippen molar-refractivity contribution in [2.45, 2.75) is 26.2 Å². The van der Waals surface area contributed by atoms with Crippen molar-refractivity contribution in [2.75, 3.05) is 5.33 Å². The molecule has 1 fully saturated rings. The summed E-state index contributed by atoms with van der Waals surface area (Å²) in [5, 5.41) is 1.14. The molecular formula is C13H15BrClF. The lowest BCUT2D eigenvalue weighted by Gasteiger charge is -2.27. The number of benzene rings is 1. The molecule has 0 bridgehead atoms. The lowest BCUT2D eigenvalue weighted by Crippen LogP contribution is -2.24. The highest BCUT2D eigenvalue weighted by Crippen LogP contribution is 2.48. The van der Waals surface area contributed by atoms with Gasteiger partial charge in [0.05, 0.1) is 5.02 Å². The minimum absolute atomic E-state index is 0.158. The lowest BCUT2D eigenvalue weighted by molar-refractivity contribution is 0.314. The molecule has 1 aromatic rings. The fraction of sp³-hybridized carbons (Fsp3) is 0.538. The normalized spacial score (nSPS) is 19.5. The van der Waals surface area contributed by atoms with Gasteiger partial charge in [-0.25, -0.2) is 4.39 Å². The van der Waals surface area contributed by atoms with E-state index in [1.165, 1.54) is 12.8 Å². The molecule has 0 amide bonds. The van der Waals surface area contributed by atoms with Gasteiger partial charge in [0, 0.05) is 5.33 Å². The molecule has 0 aromatic heterocycles. The van der Waals surface area contributed by atoms with Crippen LogP contribution in [0.2, 0.25) is 5.02 Å². The van der Waals surface area contributed by atoms with Crippen molar-refractivity contribution in [1.82, 2.24) is 0 Å². The van der Waals surface area contributed by atoms with Gasteiger partial charge in [-0.2, -0.15) is 0 Å². The van der Waals surface area contributed by atoms with Crippen LogP contribution in [0.15, 0.2) is 18.2 Å². The summed E-state index contributed by atoms with van der Waals surface area (Å²) in [7, 11) is 0. The molecule has 0 N–H and O–H groups in total. The summed E-state index contributed by atoms with van der Waals surface area (Å²) in [6, 6.07) is 5.26. The Morgan fingerprint density at radius 3 is 2.75 bits per heavy atom. The topological polar surface area (TPSA) is 0 Å². The monoisotopic (exact) mass is 304 g/mol. The molecule has 0 nitrogen and oxygen atoms in total. The van der Waals surface area contributed by atoms with Gasteiger partial charge in [-0.1, -0.05) is 46.6 Å². The number of rotatable bonds is 4. The van der Waals surface area contributed by atoms with Crippen molar-refractivity contribution >= 4 is 27.5 Å². The van der Waals surface area contributed by atoms with Gasteiger partial charge < -0.3 is 0 Å². The average molecular weight is 306 g/mol. The van der Waals surface area contributed by atoms with Gasteiger partial charge in [0.25, 0.3) is 0 Å². The second kappa shape index (κ2) is 4.66. The second-order valence-corrected chi connectivity index (χ2v) is 5.92. The summed E-state index contributed by atoms with van der Waals surface area (Å²) in [6.45, 7) is 2.22. The highest BCUT2D eigenvalue weighted by Gasteiger charge is 2.41. The van der Waals surface area contributed by atoms with Gasteiger partial charge in [-0.3, -0.25) is 0 Å². The fourth-order valence-corrected chi connectivity index (χ4v) is 3.05. The third-order valence-corrected chi connectivity index (χ3v) is 5.07. The van der Waals surface area contributed by atoms with E-state index in [1.807, 2.05) is 12.1 Å². The van der Waals surface area contributed by atoms with Crippen LogP contribution >= 0.6 is 27.5 Å². The van der Waals surface area contributed by atoms with Crippen LogP contribution in [0.5, 0.6) is 0 Å². The van der Waals surface area contributed by atoms with Crippen LogP contribution in [0.3, 0.4) is 0 Å². The van der Waals surface area contributed by atoms with Crippen molar-refractivity contribution in [2.24, 2.45) is 11.3 Å². The standard InChI is InChI=1S/C13H15BrClF/c1-13(8-14,10-5-6-10)7-9-3-2-4-11(15)12(9)16/h2-4,10H,5-8H2,1H3. The van der Waals surface area contributed by atoms with E-state index in [0.717, 1.165) is 23.2 Å². The van der Waals surface area contributed by atoms with Crippen LogP contribution in [0, 0.1) is 17.2 Å². The predicted molar refractivity (Wildman–Crippen MR) is 69.7 cm³/mol. The molecule has 1 atom stereocenters. The SMILES string of the molecule is CC(CBr)(Cc1cccc(Cl)c1F)C1CC1. The Balaban J connectivity index is 2.22. The van der Waals surface area contributed by atoms with Crippen LogP contribution in [-0.2, 0) is 6.42 Å². The summed E-state index contributed by atoms with van der Waals surface area (Å²) in [5.74, 6) is 0.474. The van der Waals surface area contributed by atoms with Gasteiger partial charge in [0.1, 0.15) is 5.82 Å². The number of halogens is 3. The minimum atomic E-state index is -0.253. The molecule has 0 radical (unpaired) electrons. The summed E-state index contributed by atoms with van der Waals surface area (Å²) in [5.41, 5.74) is 0.896. The highest BCUT2D eigenvalue weighted by atomic mass is 79.9. The summed E-state index contributed by atoms with van der Waals surface area (Å²) in [6.07, 6.45) is 3.30. The van der Waals surface area contributed by atoms with Crippen molar-refractivity contribution in [3.8, 4) is 0 Å². The first-order chi connectivity index (χ1) is 7.57. The Morgan fingerprint density at radius 1 is 1.50 bits per heavy atom. The smallest absolute Gasteiger partial charge is 0.144 e. The molecule has 88 valence electrons. The molecule has 0 saturated heterocycles. The molecule has 0 aliphatic heterocycles. The zero-order valence-corrected chi connectivity index (χ0v) is 11.6. The quantitative estimate of drug-likeness (QED) is 0.699. The van der Waals surface area contributed by atoms with Crippen LogP contribution in [0.1, 0.15) is 25.3 Å². The van der Waals surface area contributed by atoms with E-state index >= 15 is 0 Å². The Labute approximate surface area is 109 Å². The molecule has 1 aliphatic rings. The molecular weight excluding hydrogens is 290 g/mol. The molecule has 1 aliphatic carbocycles. The molecule has 0 spiro atoms. The van der Waals surface area contributed by atoms with E-state index in [2.05, 4.69) is 22.9 Å². The second-order valence-electron chi connectivity index (χ2n) is 4.95. The number of hydrogen-bond donors (Lipinski definition) is 0. The van der Waals surface area contributed by atoms with E-state index in [-0.39, 0.29) is 16.3 Å². The summed E-state index contributed by atoms with van der Waals surface area (Å²) >= 11 is 9.35. The molecule has 16 heavy (non-hydrogen) atoms. The van der Waals surface area contributed by atoms with Crippen molar-refractivity contribution < 1.29 is 4.39 Å². The number of hydrogen-bond acceptors (Lipinski definition) is 0. The van der Waals surface area contributed by atoms with E-state index in [1.54, 1.807) is 6.07 Å². The zero-order chi connectivity index (χ0) is 11.8. The summed E-state index contributed by atoms with van der Waals surface area (Å²) in [4.78, 5) is 0. The van der Waals surface area contributed by atoms with E-state index in [4.69, 9.17) is 11.6 Å². The van der Waals surface area contributed by atoms with Crippen LogP contribution in [0.25, 0.3) is 0 Å². The maximum atomic E-state index is 13.8. The zero-order valence-electron chi connectivity index (χ0n) is 9.27. The minimum Gasteiger partial charge on any atom is -0.205 e. The Kier molecular flexibility index (Phi) is 3.60. The molecule has 1 aromatic carbocycles. The molecule has 2 rings (SSSR count). The molecule has 3 heteroatoms. The van der Waals surface area contributed by atoms with E-state index in [9.17, 15) is 4.39 Å². The largest absolute Gasteiger partial charge is 0.205 e. The maximum Gasteiger partial charge on any atom is 0.144 e. The third kappa shape index (κ3) is 2.43. The lowest BCUT2D eigenvalue weighted by atomic mass is 9.81. The van der Waals surface area contributed by atoms with Crippen molar-refractivity contribution in [1.29, 1.82) is 0 Å². The van der Waals surface area contributed by atoms with Crippen molar-refractivity contribution in [3.05, 3.63) is 34.6 Å². The Morgan fingerprint density at radius 2 is 2.19 bits per heavy atom. The van der Waals surface area contributed by atoms with Gasteiger partial charge in [0.15, 0.2) is 0 Å². The highest BCUT2D eigenvalue weighted by molar-refractivity contribution is 9.09. The Hall–Kier alpha value is -0.0800. The van der Waals surface area contributed by atoms with Crippen LogP contribution < -0.4 is 0 Å². The predicted octanol–water partition coefficient (Wildman–Crippen LogP) is 4.83.